The number of fused-ring (bicyclic) bond motifs is 1. The van der Waals surface area contributed by atoms with Crippen LogP contribution in [0, 0.1) is 0 Å². The average Bonchev–Trinajstić information content (AvgIpc) is 3.00. The summed E-state index contributed by atoms with van der Waals surface area (Å²) in [5.74, 6) is 2.26. The van der Waals surface area contributed by atoms with E-state index in [2.05, 4.69) is 93.3 Å². The maximum absolute atomic E-state index is 4.48. The molecule has 0 atom stereocenters. The number of hydrogen-bond donors (Lipinski definition) is 0. The summed E-state index contributed by atoms with van der Waals surface area (Å²) >= 11 is 0. The lowest BCUT2D eigenvalue weighted by molar-refractivity contribution is 0.302. The summed E-state index contributed by atoms with van der Waals surface area (Å²) in [4.78, 5) is 2.53. The lowest BCUT2D eigenvalue weighted by Crippen LogP contribution is -2.28. The molecular formula is C24H28N4. The molecule has 3 aromatic rings. The van der Waals surface area contributed by atoms with Crippen molar-refractivity contribution in [3.63, 3.8) is 0 Å². The summed E-state index contributed by atoms with van der Waals surface area (Å²) in [6, 6.07) is 21.2. The van der Waals surface area contributed by atoms with Crippen LogP contribution in [0.25, 0.3) is 6.08 Å². The van der Waals surface area contributed by atoms with Crippen LogP contribution in [0.4, 0.5) is 0 Å². The largest absolute Gasteiger partial charge is 0.314 e. The Labute approximate surface area is 167 Å². The highest BCUT2D eigenvalue weighted by Gasteiger charge is 2.18. The molecule has 0 fully saturated rings. The van der Waals surface area contributed by atoms with Crippen molar-refractivity contribution in [2.45, 2.75) is 32.7 Å². The van der Waals surface area contributed by atoms with E-state index >= 15 is 0 Å². The highest BCUT2D eigenvalue weighted by atomic mass is 15.3. The zero-order valence-corrected chi connectivity index (χ0v) is 16.6. The van der Waals surface area contributed by atoms with E-state index in [1.165, 1.54) is 16.7 Å². The fourth-order valence-corrected chi connectivity index (χ4v) is 3.90. The normalized spacial score (nSPS) is 15.2. The van der Waals surface area contributed by atoms with Gasteiger partial charge in [-0.2, -0.15) is 0 Å². The molecule has 1 aromatic heterocycles. The molecule has 0 spiro atoms. The van der Waals surface area contributed by atoms with Crippen LogP contribution < -0.4 is 0 Å². The van der Waals surface area contributed by atoms with Crippen molar-refractivity contribution in [2.24, 2.45) is 0 Å². The van der Waals surface area contributed by atoms with Gasteiger partial charge in [-0.15, -0.1) is 10.2 Å². The second-order valence-corrected chi connectivity index (χ2v) is 7.60. The van der Waals surface area contributed by atoms with Gasteiger partial charge in [0, 0.05) is 39.0 Å². The highest BCUT2D eigenvalue weighted by molar-refractivity contribution is 5.52. The molecule has 4 rings (SSSR count). The molecule has 0 N–H and O–H groups in total. The Morgan fingerprint density at radius 3 is 2.43 bits per heavy atom. The van der Waals surface area contributed by atoms with Crippen LogP contribution in [-0.2, 0) is 25.8 Å². The molecule has 4 heteroatoms. The molecule has 4 nitrogen and oxygen atoms in total. The van der Waals surface area contributed by atoms with Crippen LogP contribution in [0.2, 0.25) is 0 Å². The first-order valence-electron chi connectivity index (χ1n) is 10.2. The third-order valence-corrected chi connectivity index (χ3v) is 5.36. The second-order valence-electron chi connectivity index (χ2n) is 7.60. The van der Waals surface area contributed by atoms with E-state index in [0.29, 0.717) is 0 Å². The molecular weight excluding hydrogens is 344 g/mol. The molecule has 0 saturated carbocycles. The van der Waals surface area contributed by atoms with Gasteiger partial charge in [-0.05, 0) is 24.5 Å². The minimum absolute atomic E-state index is 0.948. The molecule has 0 unspecified atom stereocenters. The standard InChI is InChI=1S/C24H28N4/c1-20(18-22-10-6-3-7-11-22)19-27-15-14-24-26-25-23(28(24)17-16-27)13-12-21-8-4-2-5-9-21/h2-11,18H,12-17,19H2,1H3/b20-18+. The Bertz CT molecular complexity index is 912. The molecule has 0 saturated heterocycles. The Hall–Kier alpha value is -2.72. The van der Waals surface area contributed by atoms with Crippen molar-refractivity contribution in [3.05, 3.63) is 89.0 Å². The summed E-state index contributed by atoms with van der Waals surface area (Å²) in [6.45, 7) is 6.29. The monoisotopic (exact) mass is 372 g/mol. The third kappa shape index (κ3) is 4.76. The van der Waals surface area contributed by atoms with Crippen molar-refractivity contribution in [2.75, 3.05) is 19.6 Å². The van der Waals surface area contributed by atoms with Gasteiger partial charge in [0.1, 0.15) is 11.6 Å². The number of rotatable bonds is 6. The van der Waals surface area contributed by atoms with E-state index < -0.39 is 0 Å². The number of aromatic nitrogens is 3. The molecule has 1 aliphatic heterocycles. The van der Waals surface area contributed by atoms with Crippen molar-refractivity contribution in [3.8, 4) is 0 Å². The molecule has 144 valence electrons. The molecule has 28 heavy (non-hydrogen) atoms. The van der Waals surface area contributed by atoms with Crippen molar-refractivity contribution < 1.29 is 0 Å². The Balaban J connectivity index is 1.36. The van der Waals surface area contributed by atoms with Gasteiger partial charge in [0.25, 0.3) is 0 Å². The lowest BCUT2D eigenvalue weighted by Gasteiger charge is -2.20. The first-order chi connectivity index (χ1) is 13.8. The Morgan fingerprint density at radius 2 is 1.64 bits per heavy atom. The van der Waals surface area contributed by atoms with Crippen LogP contribution in [0.5, 0.6) is 0 Å². The van der Waals surface area contributed by atoms with Gasteiger partial charge in [0.05, 0.1) is 0 Å². The number of benzene rings is 2. The predicted molar refractivity (Wildman–Crippen MR) is 114 cm³/mol. The van der Waals surface area contributed by atoms with Crippen LogP contribution in [0.1, 0.15) is 29.7 Å². The molecule has 1 aliphatic rings. The van der Waals surface area contributed by atoms with E-state index in [1.807, 2.05) is 0 Å². The van der Waals surface area contributed by atoms with Gasteiger partial charge in [0.2, 0.25) is 0 Å². The molecule has 0 aliphatic carbocycles. The summed E-state index contributed by atoms with van der Waals surface area (Å²) in [5.41, 5.74) is 4.03. The van der Waals surface area contributed by atoms with Gasteiger partial charge in [-0.25, -0.2) is 0 Å². The van der Waals surface area contributed by atoms with Gasteiger partial charge in [0.15, 0.2) is 0 Å². The van der Waals surface area contributed by atoms with Crippen LogP contribution >= 0.6 is 0 Å². The molecule has 2 heterocycles. The third-order valence-electron chi connectivity index (χ3n) is 5.36. The van der Waals surface area contributed by atoms with E-state index in [1.54, 1.807) is 0 Å². The smallest absolute Gasteiger partial charge is 0.134 e. The predicted octanol–water partition coefficient (Wildman–Crippen LogP) is 4.02. The molecule has 0 radical (unpaired) electrons. The average molecular weight is 373 g/mol. The fourth-order valence-electron chi connectivity index (χ4n) is 3.90. The van der Waals surface area contributed by atoms with E-state index in [4.69, 9.17) is 0 Å². The zero-order valence-electron chi connectivity index (χ0n) is 16.6. The maximum atomic E-state index is 4.48. The SMILES string of the molecule is C/C(=C\c1ccccc1)CN1CCc2nnc(CCc3ccccc3)n2CC1. The second kappa shape index (κ2) is 8.98. The molecule has 0 amide bonds. The van der Waals surface area contributed by atoms with Gasteiger partial charge in [-0.1, -0.05) is 72.3 Å². The lowest BCUT2D eigenvalue weighted by atomic mass is 10.1. The number of aryl methyl sites for hydroxylation is 2. The Morgan fingerprint density at radius 1 is 0.893 bits per heavy atom. The minimum Gasteiger partial charge on any atom is -0.314 e. The zero-order chi connectivity index (χ0) is 19.2. The summed E-state index contributed by atoms with van der Waals surface area (Å²) in [6.07, 6.45) is 5.22. The van der Waals surface area contributed by atoms with E-state index in [-0.39, 0.29) is 0 Å². The van der Waals surface area contributed by atoms with Crippen molar-refractivity contribution in [1.29, 1.82) is 0 Å². The maximum Gasteiger partial charge on any atom is 0.134 e. The highest BCUT2D eigenvalue weighted by Crippen LogP contribution is 2.14. The van der Waals surface area contributed by atoms with E-state index in [9.17, 15) is 0 Å². The first kappa shape index (κ1) is 18.6. The van der Waals surface area contributed by atoms with Gasteiger partial charge >= 0.3 is 0 Å². The summed E-state index contributed by atoms with van der Waals surface area (Å²) in [5, 5.41) is 8.96. The van der Waals surface area contributed by atoms with Crippen LogP contribution in [-0.4, -0.2) is 39.3 Å². The van der Waals surface area contributed by atoms with Gasteiger partial charge in [-0.3, -0.25) is 4.90 Å². The summed E-state index contributed by atoms with van der Waals surface area (Å²) < 4.78 is 2.35. The van der Waals surface area contributed by atoms with Gasteiger partial charge < -0.3 is 4.57 Å². The summed E-state index contributed by atoms with van der Waals surface area (Å²) in [7, 11) is 0. The molecule has 0 bridgehead atoms. The fraction of sp³-hybridized carbons (Fsp3) is 0.333. The molecule has 2 aromatic carbocycles. The number of hydrogen-bond acceptors (Lipinski definition) is 3. The van der Waals surface area contributed by atoms with Crippen LogP contribution in [0.15, 0.2) is 66.2 Å². The van der Waals surface area contributed by atoms with Crippen molar-refractivity contribution in [1.82, 2.24) is 19.7 Å². The van der Waals surface area contributed by atoms with E-state index in [0.717, 1.165) is 57.1 Å². The first-order valence-corrected chi connectivity index (χ1v) is 10.2. The number of nitrogens with zero attached hydrogens (tertiary/aromatic N) is 4. The van der Waals surface area contributed by atoms with Crippen LogP contribution in [0.3, 0.4) is 0 Å². The van der Waals surface area contributed by atoms with Crippen molar-refractivity contribution >= 4 is 6.08 Å². The quantitative estimate of drug-likeness (QED) is 0.655. The topological polar surface area (TPSA) is 34.0 Å². The Kier molecular flexibility index (Phi) is 5.98. The minimum atomic E-state index is 0.948.